The Morgan fingerprint density at radius 1 is 1.50 bits per heavy atom. The number of nitrogens with zero attached hydrogens (tertiary/aromatic N) is 2. The highest BCUT2D eigenvalue weighted by Gasteiger charge is 2.55. The van der Waals surface area contributed by atoms with E-state index < -0.39 is 22.3 Å². The van der Waals surface area contributed by atoms with Gasteiger partial charge in [0.15, 0.2) is 0 Å². The molecule has 8 nitrogen and oxygen atoms in total. The molecule has 0 bridgehead atoms. The first-order chi connectivity index (χ1) is 12.2. The molecule has 1 aromatic carbocycles. The molecule has 0 aromatic heterocycles. The summed E-state index contributed by atoms with van der Waals surface area (Å²) in [5, 5.41) is 23.4. The van der Waals surface area contributed by atoms with Crippen molar-refractivity contribution in [2.75, 3.05) is 18.4 Å². The number of rotatable bonds is 5. The van der Waals surface area contributed by atoms with E-state index in [4.69, 9.17) is 11.6 Å². The zero-order chi connectivity index (χ0) is 19.1. The molecule has 0 spiro atoms. The summed E-state index contributed by atoms with van der Waals surface area (Å²) in [4.78, 5) is 36.6. The fraction of sp³-hybridized carbons (Fsp3) is 0.529. The smallest absolute Gasteiger partial charge is 0.311 e. The molecule has 2 aliphatic rings. The van der Waals surface area contributed by atoms with Crippen LogP contribution in [0.1, 0.15) is 26.2 Å². The number of likely N-dealkylation sites (tertiary alicyclic amines) is 1. The number of nitro groups is 1. The van der Waals surface area contributed by atoms with Gasteiger partial charge in [-0.2, -0.15) is 0 Å². The molecular weight excluding hydrogens is 362 g/mol. The van der Waals surface area contributed by atoms with E-state index in [1.54, 1.807) is 6.92 Å². The highest BCUT2D eigenvalue weighted by atomic mass is 35.5. The van der Waals surface area contributed by atoms with Gasteiger partial charge >= 0.3 is 5.97 Å². The Bertz CT molecular complexity index is 771. The van der Waals surface area contributed by atoms with Crippen molar-refractivity contribution < 1.29 is 19.6 Å². The zero-order valence-corrected chi connectivity index (χ0v) is 15.0. The average Bonchev–Trinajstić information content (AvgIpc) is 3.14. The number of non-ortho nitro benzene ring substituents is 1. The summed E-state index contributed by atoms with van der Waals surface area (Å²) in [5.41, 5.74) is -0.763. The van der Waals surface area contributed by atoms with Crippen molar-refractivity contribution in [3.05, 3.63) is 33.3 Å². The van der Waals surface area contributed by atoms with Crippen molar-refractivity contribution in [1.82, 2.24) is 4.90 Å². The first kappa shape index (κ1) is 18.6. The Hall–Kier alpha value is -2.19. The van der Waals surface area contributed by atoms with Crippen LogP contribution in [0.2, 0.25) is 5.02 Å². The summed E-state index contributed by atoms with van der Waals surface area (Å²) in [6.07, 6.45) is 2.39. The van der Waals surface area contributed by atoms with Crippen molar-refractivity contribution in [3.8, 4) is 0 Å². The molecule has 1 saturated heterocycles. The molecule has 1 aliphatic heterocycles. The Kier molecular flexibility index (Phi) is 4.90. The third-order valence-electron chi connectivity index (χ3n) is 5.67. The maximum atomic E-state index is 12.6. The zero-order valence-electron chi connectivity index (χ0n) is 14.3. The Morgan fingerprint density at radius 3 is 2.85 bits per heavy atom. The van der Waals surface area contributed by atoms with Gasteiger partial charge in [0.2, 0.25) is 5.91 Å². The number of aliphatic carboxylic acids is 1. The molecule has 3 atom stereocenters. The van der Waals surface area contributed by atoms with Crippen LogP contribution in [0.3, 0.4) is 0 Å². The number of nitro benzene ring substituents is 1. The standard InChI is InChI=1S/C17H20ClN3O5/c1-10(20-8-11-3-2-6-17(11,9-20)16(23)24)15(22)19-14-7-12(21(25)26)4-5-13(14)18/h4-5,7,10-11H,2-3,6,8-9H2,1H3,(H,19,22)(H,23,24)/t10?,11-,17+/m0/s1. The van der Waals surface area contributed by atoms with Gasteiger partial charge in [0, 0.05) is 25.2 Å². The van der Waals surface area contributed by atoms with Gasteiger partial charge in [-0.15, -0.1) is 0 Å². The predicted molar refractivity (Wildman–Crippen MR) is 95.2 cm³/mol. The summed E-state index contributed by atoms with van der Waals surface area (Å²) in [5.74, 6) is -1.11. The molecule has 1 aliphatic carbocycles. The number of carbonyl (C=O) groups excluding carboxylic acids is 1. The SMILES string of the molecule is CC(C(=O)Nc1cc([N+](=O)[O-])ccc1Cl)N1C[C@@H]2CCC[C@@]2(C(=O)O)C1. The Labute approximate surface area is 155 Å². The minimum atomic E-state index is -0.795. The summed E-state index contributed by atoms with van der Waals surface area (Å²) in [6.45, 7) is 2.60. The van der Waals surface area contributed by atoms with Crippen LogP contribution in [-0.2, 0) is 9.59 Å². The van der Waals surface area contributed by atoms with Crippen LogP contribution >= 0.6 is 11.6 Å². The highest BCUT2D eigenvalue weighted by molar-refractivity contribution is 6.33. The number of nitrogens with one attached hydrogen (secondary N) is 1. The lowest BCUT2D eigenvalue weighted by atomic mass is 9.81. The molecule has 2 N–H and O–H groups in total. The van der Waals surface area contributed by atoms with Crippen molar-refractivity contribution >= 4 is 34.9 Å². The molecule has 0 radical (unpaired) electrons. The van der Waals surface area contributed by atoms with Crippen LogP contribution in [0, 0.1) is 21.4 Å². The lowest BCUT2D eigenvalue weighted by Gasteiger charge is -2.26. The number of fused-ring (bicyclic) bond motifs is 1. The number of hydrogen-bond acceptors (Lipinski definition) is 5. The minimum absolute atomic E-state index is 0.0525. The van der Waals surface area contributed by atoms with Gasteiger partial charge in [0.05, 0.1) is 27.1 Å². The summed E-state index contributed by atoms with van der Waals surface area (Å²) in [7, 11) is 0. The summed E-state index contributed by atoms with van der Waals surface area (Å²) < 4.78 is 0. The third kappa shape index (κ3) is 3.14. The molecule has 9 heteroatoms. The molecule has 1 heterocycles. The van der Waals surface area contributed by atoms with Crippen molar-refractivity contribution in [3.63, 3.8) is 0 Å². The van der Waals surface area contributed by atoms with E-state index in [-0.39, 0.29) is 28.2 Å². The van der Waals surface area contributed by atoms with Crippen molar-refractivity contribution in [1.29, 1.82) is 0 Å². The Morgan fingerprint density at radius 2 is 2.23 bits per heavy atom. The molecule has 1 amide bonds. The van der Waals surface area contributed by atoms with Crippen molar-refractivity contribution in [2.45, 2.75) is 32.2 Å². The maximum absolute atomic E-state index is 12.6. The van der Waals surface area contributed by atoms with Crippen LogP contribution < -0.4 is 5.32 Å². The minimum Gasteiger partial charge on any atom is -0.481 e. The van der Waals surface area contributed by atoms with E-state index in [1.165, 1.54) is 18.2 Å². The first-order valence-electron chi connectivity index (χ1n) is 8.47. The molecule has 140 valence electrons. The van der Waals surface area contributed by atoms with Gasteiger partial charge in [0.25, 0.3) is 5.69 Å². The predicted octanol–water partition coefficient (Wildman–Crippen LogP) is 2.76. The first-order valence-corrected chi connectivity index (χ1v) is 8.84. The molecule has 3 rings (SSSR count). The molecule has 26 heavy (non-hydrogen) atoms. The molecule has 1 aromatic rings. The van der Waals surface area contributed by atoms with Gasteiger partial charge in [0.1, 0.15) is 0 Å². The van der Waals surface area contributed by atoms with E-state index >= 15 is 0 Å². The number of carboxylic acid groups (broad SMARTS) is 1. The Balaban J connectivity index is 1.72. The van der Waals surface area contributed by atoms with Crippen LogP contribution in [0.25, 0.3) is 0 Å². The quantitative estimate of drug-likeness (QED) is 0.599. The fourth-order valence-corrected chi connectivity index (χ4v) is 4.26. The average molecular weight is 382 g/mol. The summed E-state index contributed by atoms with van der Waals surface area (Å²) in [6, 6.07) is 3.27. The van der Waals surface area contributed by atoms with E-state index in [2.05, 4.69) is 5.32 Å². The van der Waals surface area contributed by atoms with Gasteiger partial charge in [-0.1, -0.05) is 18.0 Å². The third-order valence-corrected chi connectivity index (χ3v) is 6.00. The number of benzene rings is 1. The van der Waals surface area contributed by atoms with Crippen LogP contribution in [0.4, 0.5) is 11.4 Å². The highest BCUT2D eigenvalue weighted by Crippen LogP contribution is 2.49. The van der Waals surface area contributed by atoms with Gasteiger partial charge < -0.3 is 10.4 Å². The van der Waals surface area contributed by atoms with E-state index in [9.17, 15) is 24.8 Å². The van der Waals surface area contributed by atoms with Gasteiger partial charge in [-0.05, 0) is 31.7 Å². The van der Waals surface area contributed by atoms with Gasteiger partial charge in [-0.25, -0.2) is 0 Å². The van der Waals surface area contributed by atoms with Crippen LogP contribution in [-0.4, -0.2) is 45.9 Å². The van der Waals surface area contributed by atoms with Crippen molar-refractivity contribution in [2.24, 2.45) is 11.3 Å². The number of anilines is 1. The van der Waals surface area contributed by atoms with Crippen LogP contribution in [0.5, 0.6) is 0 Å². The normalized spacial score (nSPS) is 26.3. The topological polar surface area (TPSA) is 113 Å². The molecule has 1 unspecified atom stereocenters. The monoisotopic (exact) mass is 381 g/mol. The number of amides is 1. The molecular formula is C17H20ClN3O5. The van der Waals surface area contributed by atoms with E-state index in [1.807, 2.05) is 4.90 Å². The second kappa shape index (κ2) is 6.85. The second-order valence-electron chi connectivity index (χ2n) is 7.07. The molecule has 2 fully saturated rings. The summed E-state index contributed by atoms with van der Waals surface area (Å²) >= 11 is 6.02. The number of carboxylic acids is 1. The second-order valence-corrected chi connectivity index (χ2v) is 7.47. The van der Waals surface area contributed by atoms with Gasteiger partial charge in [-0.3, -0.25) is 24.6 Å². The maximum Gasteiger partial charge on any atom is 0.311 e. The lowest BCUT2D eigenvalue weighted by molar-refractivity contribution is -0.384. The lowest BCUT2D eigenvalue weighted by Crippen LogP contribution is -2.43. The number of halogens is 1. The van der Waals surface area contributed by atoms with E-state index in [0.29, 0.717) is 19.5 Å². The largest absolute Gasteiger partial charge is 0.481 e. The van der Waals surface area contributed by atoms with E-state index in [0.717, 1.165) is 12.8 Å². The van der Waals surface area contributed by atoms with Crippen LogP contribution in [0.15, 0.2) is 18.2 Å². The fourth-order valence-electron chi connectivity index (χ4n) is 4.10. The number of hydrogen-bond donors (Lipinski definition) is 2. The number of carbonyl (C=O) groups is 2. The molecule has 1 saturated carbocycles.